The lowest BCUT2D eigenvalue weighted by Crippen LogP contribution is -2.17. The van der Waals surface area contributed by atoms with E-state index in [1.807, 2.05) is 6.07 Å². The van der Waals surface area contributed by atoms with Crippen molar-refractivity contribution in [1.82, 2.24) is 0 Å². The summed E-state index contributed by atoms with van der Waals surface area (Å²) in [5.41, 5.74) is 1.01. The molecule has 1 unspecified atom stereocenters. The van der Waals surface area contributed by atoms with Crippen LogP contribution in [0.4, 0.5) is 13.2 Å². The summed E-state index contributed by atoms with van der Waals surface area (Å²) in [6, 6.07) is 13.2. The van der Waals surface area contributed by atoms with Crippen molar-refractivity contribution in [3.8, 4) is 11.8 Å². The summed E-state index contributed by atoms with van der Waals surface area (Å²) in [7, 11) is 0. The Balaban J connectivity index is 2.29. The molecular weight excluding hydrogens is 283 g/mol. The number of ether oxygens (including phenoxy) is 1. The molecule has 0 aromatic heterocycles. The van der Waals surface area contributed by atoms with Crippen LogP contribution < -0.4 is 4.74 Å². The smallest absolute Gasteiger partial charge is 0.406 e. The lowest BCUT2D eigenvalue weighted by atomic mass is 10.00. The van der Waals surface area contributed by atoms with E-state index in [-0.39, 0.29) is 5.56 Å². The number of hydrogen-bond acceptors (Lipinski definition) is 3. The maximum Gasteiger partial charge on any atom is 0.573 e. The quantitative estimate of drug-likeness (QED) is 0.941. The van der Waals surface area contributed by atoms with Crippen molar-refractivity contribution in [1.29, 1.82) is 5.26 Å². The summed E-state index contributed by atoms with van der Waals surface area (Å²) in [4.78, 5) is 0. The number of nitriles is 1. The van der Waals surface area contributed by atoms with E-state index >= 15 is 0 Å². The number of benzene rings is 2. The number of hydrogen-bond donors (Lipinski definition) is 1. The fraction of sp³-hybridized carbons (Fsp3) is 0.133. The Hall–Kier alpha value is -2.52. The van der Waals surface area contributed by atoms with Crippen LogP contribution in [0.3, 0.4) is 0 Å². The van der Waals surface area contributed by atoms with Gasteiger partial charge in [0.15, 0.2) is 0 Å². The van der Waals surface area contributed by atoms with E-state index in [0.29, 0.717) is 11.1 Å². The maximum absolute atomic E-state index is 12.2. The van der Waals surface area contributed by atoms with E-state index < -0.39 is 18.2 Å². The topological polar surface area (TPSA) is 53.2 Å². The second-order valence-corrected chi connectivity index (χ2v) is 4.26. The molecule has 0 radical (unpaired) electrons. The summed E-state index contributed by atoms with van der Waals surface area (Å²) in [5, 5.41) is 19.0. The van der Waals surface area contributed by atoms with E-state index in [2.05, 4.69) is 4.74 Å². The van der Waals surface area contributed by atoms with Crippen LogP contribution in [0.1, 0.15) is 22.8 Å². The minimum atomic E-state index is -4.79. The number of rotatable bonds is 3. The van der Waals surface area contributed by atoms with Crippen LogP contribution in [-0.2, 0) is 0 Å². The number of aliphatic hydroxyl groups is 1. The Labute approximate surface area is 118 Å². The molecule has 2 rings (SSSR count). The molecule has 1 atom stereocenters. The van der Waals surface area contributed by atoms with Crippen LogP contribution in [0, 0.1) is 11.3 Å². The molecule has 3 nitrogen and oxygen atoms in total. The molecule has 0 saturated heterocycles. The zero-order chi connectivity index (χ0) is 15.5. The van der Waals surface area contributed by atoms with Gasteiger partial charge >= 0.3 is 6.36 Å². The largest absolute Gasteiger partial charge is 0.573 e. The number of halogens is 3. The van der Waals surface area contributed by atoms with Gasteiger partial charge in [-0.1, -0.05) is 24.3 Å². The average Bonchev–Trinajstić information content (AvgIpc) is 2.45. The molecule has 6 heteroatoms. The minimum absolute atomic E-state index is 0.242. The molecule has 1 N–H and O–H groups in total. The molecule has 0 amide bonds. The second kappa shape index (κ2) is 5.85. The predicted molar refractivity (Wildman–Crippen MR) is 68.3 cm³/mol. The lowest BCUT2D eigenvalue weighted by molar-refractivity contribution is -0.274. The fourth-order valence-electron chi connectivity index (χ4n) is 1.85. The number of alkyl halides is 3. The van der Waals surface area contributed by atoms with E-state index in [0.717, 1.165) is 12.1 Å². The molecule has 0 fully saturated rings. The third-order valence-electron chi connectivity index (χ3n) is 2.74. The van der Waals surface area contributed by atoms with Gasteiger partial charge in [-0.15, -0.1) is 13.2 Å². The van der Waals surface area contributed by atoms with Gasteiger partial charge in [0.05, 0.1) is 11.6 Å². The molecule has 0 aliphatic carbocycles. The highest BCUT2D eigenvalue weighted by Crippen LogP contribution is 2.28. The number of aliphatic hydroxyl groups excluding tert-OH is 1. The summed E-state index contributed by atoms with van der Waals surface area (Å²) in [6.07, 6.45) is -5.93. The molecule has 0 spiro atoms. The van der Waals surface area contributed by atoms with E-state index in [1.54, 1.807) is 18.2 Å². The van der Waals surface area contributed by atoms with Crippen LogP contribution in [0.25, 0.3) is 0 Å². The standard InChI is InChI=1S/C15H10F3NO2/c16-15(17,18)21-13-6-2-5-12(8-13)14(20)11-4-1-3-10(7-11)9-19/h1-8,14,20H. The highest BCUT2D eigenvalue weighted by Gasteiger charge is 2.31. The number of nitrogens with zero attached hydrogens (tertiary/aromatic N) is 1. The van der Waals surface area contributed by atoms with Gasteiger partial charge in [-0.25, -0.2) is 0 Å². The predicted octanol–water partition coefficient (Wildman–Crippen LogP) is 3.54. The zero-order valence-electron chi connectivity index (χ0n) is 10.6. The van der Waals surface area contributed by atoms with Crippen LogP contribution in [0.2, 0.25) is 0 Å². The van der Waals surface area contributed by atoms with Crippen LogP contribution in [0.5, 0.6) is 5.75 Å². The van der Waals surface area contributed by atoms with Crippen molar-refractivity contribution in [3.63, 3.8) is 0 Å². The molecule has 0 aliphatic heterocycles. The van der Waals surface area contributed by atoms with Crippen LogP contribution in [-0.4, -0.2) is 11.5 Å². The molecule has 108 valence electrons. The molecule has 2 aromatic carbocycles. The maximum atomic E-state index is 12.2. The van der Waals surface area contributed by atoms with Crippen molar-refractivity contribution in [2.75, 3.05) is 0 Å². The summed E-state index contributed by atoms with van der Waals surface area (Å²) in [5.74, 6) is -0.407. The minimum Gasteiger partial charge on any atom is -0.406 e. The Morgan fingerprint density at radius 2 is 1.67 bits per heavy atom. The first-order valence-electron chi connectivity index (χ1n) is 5.93. The highest BCUT2D eigenvalue weighted by molar-refractivity contribution is 5.39. The Kier molecular flexibility index (Phi) is 4.15. The van der Waals surface area contributed by atoms with E-state index in [9.17, 15) is 18.3 Å². The van der Waals surface area contributed by atoms with Crippen molar-refractivity contribution < 1.29 is 23.0 Å². The first-order valence-corrected chi connectivity index (χ1v) is 5.93. The Morgan fingerprint density at radius 3 is 2.29 bits per heavy atom. The average molecular weight is 293 g/mol. The van der Waals surface area contributed by atoms with Gasteiger partial charge in [-0.05, 0) is 35.4 Å². The molecule has 0 heterocycles. The van der Waals surface area contributed by atoms with Crippen LogP contribution in [0.15, 0.2) is 48.5 Å². The van der Waals surface area contributed by atoms with Crippen molar-refractivity contribution in [2.45, 2.75) is 12.5 Å². The van der Waals surface area contributed by atoms with Gasteiger partial charge in [0, 0.05) is 0 Å². The van der Waals surface area contributed by atoms with Crippen LogP contribution >= 0.6 is 0 Å². The molecule has 21 heavy (non-hydrogen) atoms. The fourth-order valence-corrected chi connectivity index (χ4v) is 1.85. The van der Waals surface area contributed by atoms with Crippen molar-refractivity contribution in [3.05, 3.63) is 65.2 Å². The molecule has 0 saturated carbocycles. The first kappa shape index (κ1) is 14.9. The summed E-state index contributed by atoms with van der Waals surface area (Å²) < 4.78 is 40.3. The third-order valence-corrected chi connectivity index (χ3v) is 2.74. The van der Waals surface area contributed by atoms with E-state index in [1.165, 1.54) is 18.2 Å². The van der Waals surface area contributed by atoms with Gasteiger partial charge in [-0.3, -0.25) is 0 Å². The van der Waals surface area contributed by atoms with Crippen molar-refractivity contribution >= 4 is 0 Å². The molecular formula is C15H10F3NO2. The summed E-state index contributed by atoms with van der Waals surface area (Å²) >= 11 is 0. The Bertz CT molecular complexity index is 677. The van der Waals surface area contributed by atoms with Gasteiger partial charge in [0.25, 0.3) is 0 Å². The second-order valence-electron chi connectivity index (χ2n) is 4.26. The normalized spacial score (nSPS) is 12.5. The first-order chi connectivity index (χ1) is 9.89. The van der Waals surface area contributed by atoms with Gasteiger partial charge in [0.2, 0.25) is 0 Å². The molecule has 2 aromatic rings. The van der Waals surface area contributed by atoms with Gasteiger partial charge in [-0.2, -0.15) is 5.26 Å². The monoisotopic (exact) mass is 293 g/mol. The van der Waals surface area contributed by atoms with Gasteiger partial charge < -0.3 is 9.84 Å². The molecule has 0 bridgehead atoms. The highest BCUT2D eigenvalue weighted by atomic mass is 19.4. The van der Waals surface area contributed by atoms with E-state index in [4.69, 9.17) is 5.26 Å². The van der Waals surface area contributed by atoms with Gasteiger partial charge in [0.1, 0.15) is 11.9 Å². The SMILES string of the molecule is N#Cc1cccc(C(O)c2cccc(OC(F)(F)F)c2)c1. The summed E-state index contributed by atoms with van der Waals surface area (Å²) in [6.45, 7) is 0. The lowest BCUT2D eigenvalue weighted by Gasteiger charge is -2.14. The third kappa shape index (κ3) is 3.97. The molecule has 0 aliphatic rings. The van der Waals surface area contributed by atoms with Crippen molar-refractivity contribution in [2.24, 2.45) is 0 Å². The zero-order valence-corrected chi connectivity index (χ0v) is 10.6. The Morgan fingerprint density at radius 1 is 1.05 bits per heavy atom.